The molecule has 0 aromatic heterocycles. The van der Waals surface area contributed by atoms with Crippen LogP contribution >= 0.6 is 0 Å². The van der Waals surface area contributed by atoms with Gasteiger partial charge in [-0.15, -0.1) is 0 Å². The molecule has 1 saturated heterocycles. The minimum atomic E-state index is -1.04. The van der Waals surface area contributed by atoms with E-state index in [4.69, 9.17) is 9.47 Å². The van der Waals surface area contributed by atoms with Gasteiger partial charge in [0.1, 0.15) is 12.3 Å². The van der Waals surface area contributed by atoms with Crippen molar-refractivity contribution in [1.29, 1.82) is 0 Å². The normalized spacial score (nSPS) is 15.3. The highest BCUT2D eigenvalue weighted by Crippen LogP contribution is 2.28. The number of aldehydes is 1. The minimum absolute atomic E-state index is 0.0661. The molecule has 0 aliphatic carbocycles. The molecule has 32 heavy (non-hydrogen) atoms. The summed E-state index contributed by atoms with van der Waals surface area (Å²) in [5.74, 6) is -0.725. The molecule has 1 aliphatic rings. The van der Waals surface area contributed by atoms with Crippen molar-refractivity contribution < 1.29 is 28.7 Å². The molecule has 9 nitrogen and oxygen atoms in total. The van der Waals surface area contributed by atoms with Gasteiger partial charge in [0.15, 0.2) is 6.29 Å². The molecule has 0 spiro atoms. The van der Waals surface area contributed by atoms with Crippen LogP contribution in [-0.2, 0) is 23.9 Å². The van der Waals surface area contributed by atoms with Crippen molar-refractivity contribution in [3.8, 4) is 0 Å². The first-order chi connectivity index (χ1) is 15.4. The number of anilines is 1. The first kappa shape index (κ1) is 25.5. The second-order valence-electron chi connectivity index (χ2n) is 7.86. The minimum Gasteiger partial charge on any atom is -0.372 e. The number of benzene rings is 1. The first-order valence-corrected chi connectivity index (χ1v) is 10.8. The molecular weight excluding hydrogens is 414 g/mol. The van der Waals surface area contributed by atoms with Gasteiger partial charge in [-0.3, -0.25) is 19.3 Å². The summed E-state index contributed by atoms with van der Waals surface area (Å²) in [5.41, 5.74) is 2.04. The maximum Gasteiger partial charge on any atom is 0.261 e. The van der Waals surface area contributed by atoms with Gasteiger partial charge >= 0.3 is 0 Å². The Kier molecular flexibility index (Phi) is 9.80. The molecule has 1 heterocycles. The molecule has 1 N–H and O–H groups in total. The van der Waals surface area contributed by atoms with Crippen LogP contribution in [0.3, 0.4) is 0 Å². The van der Waals surface area contributed by atoms with Gasteiger partial charge in [0.25, 0.3) is 5.91 Å². The molecule has 1 aromatic rings. The number of nitrogens with one attached hydrogen (secondary N) is 1. The summed E-state index contributed by atoms with van der Waals surface area (Å²) in [7, 11) is 4.72. The molecule has 3 amide bonds. The number of hydrogen-bond donors (Lipinski definition) is 1. The van der Waals surface area contributed by atoms with Crippen LogP contribution in [0.15, 0.2) is 18.2 Å². The van der Waals surface area contributed by atoms with E-state index in [2.05, 4.69) is 10.2 Å². The van der Waals surface area contributed by atoms with E-state index in [0.29, 0.717) is 29.7 Å². The van der Waals surface area contributed by atoms with Crippen LogP contribution in [-0.4, -0.2) is 76.1 Å². The number of carbonyl (C=O) groups excluding carboxylic acids is 4. The number of rotatable bonds is 11. The second kappa shape index (κ2) is 12.3. The molecule has 2 rings (SSSR count). The van der Waals surface area contributed by atoms with E-state index in [0.717, 1.165) is 36.5 Å². The summed E-state index contributed by atoms with van der Waals surface area (Å²) < 4.78 is 10.8. The molecule has 0 radical (unpaired) electrons. The van der Waals surface area contributed by atoms with E-state index < -0.39 is 17.9 Å². The molecule has 9 heteroatoms. The van der Waals surface area contributed by atoms with Crippen molar-refractivity contribution in [3.63, 3.8) is 0 Å². The lowest BCUT2D eigenvalue weighted by molar-refractivity contribution is -0.141. The number of amides is 3. The first-order valence-electron chi connectivity index (χ1n) is 10.8. The summed E-state index contributed by atoms with van der Waals surface area (Å²) in [6.07, 6.45) is 2.80. The lowest BCUT2D eigenvalue weighted by atomic mass is 9.95. The largest absolute Gasteiger partial charge is 0.372 e. The third-order valence-electron chi connectivity index (χ3n) is 5.99. The third kappa shape index (κ3) is 5.92. The lowest BCUT2D eigenvalue weighted by Crippen LogP contribution is -2.48. The number of likely N-dealkylation sites (N-methyl/N-ethyl adjacent to an activating group) is 1. The quantitative estimate of drug-likeness (QED) is 0.405. The number of piperidine rings is 1. The van der Waals surface area contributed by atoms with Gasteiger partial charge in [0.05, 0.1) is 0 Å². The third-order valence-corrected chi connectivity index (χ3v) is 5.99. The lowest BCUT2D eigenvalue weighted by Gasteiger charge is -2.36. The highest BCUT2D eigenvalue weighted by Gasteiger charge is 2.31. The standard InChI is InChI=1S/C23H33N3O6/c1-16-14-18(25-11-9-17(10-12-25)23(31-3)32-4)7-8-19(16)22(30)26(15-28)20(6-5-13-27)21(29)24-2/h7-8,13-15,17,20,23H,5-6,9-12H2,1-4H3,(H,24,29). The van der Waals surface area contributed by atoms with Crippen LogP contribution in [0.25, 0.3) is 0 Å². The number of carbonyl (C=O) groups is 4. The Labute approximate surface area is 189 Å². The van der Waals surface area contributed by atoms with Gasteiger partial charge in [0.2, 0.25) is 12.3 Å². The average Bonchev–Trinajstić information content (AvgIpc) is 2.82. The Hall–Kier alpha value is -2.78. The van der Waals surface area contributed by atoms with Gasteiger partial charge in [-0.2, -0.15) is 0 Å². The van der Waals surface area contributed by atoms with Crippen LogP contribution in [0.5, 0.6) is 0 Å². The van der Waals surface area contributed by atoms with Crippen molar-refractivity contribution >= 4 is 30.2 Å². The highest BCUT2D eigenvalue weighted by atomic mass is 16.7. The fraction of sp³-hybridized carbons (Fsp3) is 0.565. The van der Waals surface area contributed by atoms with Crippen molar-refractivity contribution in [2.45, 2.75) is 44.9 Å². The van der Waals surface area contributed by atoms with Gasteiger partial charge in [-0.05, 0) is 49.9 Å². The van der Waals surface area contributed by atoms with E-state index in [1.807, 2.05) is 12.1 Å². The van der Waals surface area contributed by atoms with Gasteiger partial charge in [0, 0.05) is 57.9 Å². The predicted octanol–water partition coefficient (Wildman–Crippen LogP) is 1.52. The maximum atomic E-state index is 13.1. The zero-order valence-electron chi connectivity index (χ0n) is 19.2. The number of imide groups is 1. The molecule has 1 fully saturated rings. The van der Waals surface area contributed by atoms with E-state index in [9.17, 15) is 19.2 Å². The summed E-state index contributed by atoms with van der Waals surface area (Å²) >= 11 is 0. The number of ether oxygens (including phenoxy) is 2. The monoisotopic (exact) mass is 447 g/mol. The molecular formula is C23H33N3O6. The summed E-state index contributed by atoms with van der Waals surface area (Å²) in [4.78, 5) is 50.9. The molecule has 1 aliphatic heterocycles. The zero-order chi connectivity index (χ0) is 23.7. The molecule has 0 bridgehead atoms. The Morgan fingerprint density at radius 3 is 2.38 bits per heavy atom. The summed E-state index contributed by atoms with van der Waals surface area (Å²) in [5, 5.41) is 2.45. The fourth-order valence-electron chi connectivity index (χ4n) is 4.19. The van der Waals surface area contributed by atoms with E-state index in [1.54, 1.807) is 27.2 Å². The van der Waals surface area contributed by atoms with Crippen molar-refractivity contribution in [3.05, 3.63) is 29.3 Å². The summed E-state index contributed by atoms with van der Waals surface area (Å²) in [6, 6.07) is 4.42. The Bertz CT molecular complexity index is 803. The van der Waals surface area contributed by atoms with Crippen molar-refractivity contribution in [1.82, 2.24) is 10.2 Å². The van der Waals surface area contributed by atoms with Crippen LogP contribution in [0.4, 0.5) is 5.69 Å². The number of aryl methyl sites for hydroxylation is 1. The predicted molar refractivity (Wildman–Crippen MR) is 119 cm³/mol. The molecule has 176 valence electrons. The smallest absolute Gasteiger partial charge is 0.261 e. The number of nitrogens with zero attached hydrogens (tertiary/aromatic N) is 2. The molecule has 1 unspecified atom stereocenters. The fourth-order valence-corrected chi connectivity index (χ4v) is 4.19. The summed E-state index contributed by atoms with van der Waals surface area (Å²) in [6.45, 7) is 3.48. The molecule has 1 aromatic carbocycles. The van der Waals surface area contributed by atoms with E-state index in [-0.39, 0.29) is 19.1 Å². The maximum absolute atomic E-state index is 13.1. The van der Waals surface area contributed by atoms with Crippen LogP contribution in [0.2, 0.25) is 0 Å². The van der Waals surface area contributed by atoms with E-state index >= 15 is 0 Å². The topological polar surface area (TPSA) is 105 Å². The Morgan fingerprint density at radius 1 is 1.22 bits per heavy atom. The van der Waals surface area contributed by atoms with Crippen LogP contribution in [0, 0.1) is 12.8 Å². The van der Waals surface area contributed by atoms with Crippen molar-refractivity contribution in [2.24, 2.45) is 5.92 Å². The SMILES string of the molecule is CNC(=O)C(CCC=O)N(C=O)C(=O)c1ccc(N2CCC(C(OC)OC)CC2)cc1C. The second-order valence-corrected chi connectivity index (χ2v) is 7.86. The molecule has 0 saturated carbocycles. The van der Waals surface area contributed by atoms with Gasteiger partial charge in [-0.1, -0.05) is 0 Å². The Morgan fingerprint density at radius 2 is 1.88 bits per heavy atom. The Balaban J connectivity index is 2.16. The number of hydrogen-bond acceptors (Lipinski definition) is 7. The molecule has 1 atom stereocenters. The zero-order valence-corrected chi connectivity index (χ0v) is 19.2. The van der Waals surface area contributed by atoms with Crippen LogP contribution < -0.4 is 10.2 Å². The van der Waals surface area contributed by atoms with Gasteiger partial charge < -0.3 is 24.5 Å². The van der Waals surface area contributed by atoms with Gasteiger partial charge in [-0.25, -0.2) is 0 Å². The van der Waals surface area contributed by atoms with Crippen molar-refractivity contribution in [2.75, 3.05) is 39.3 Å². The van der Waals surface area contributed by atoms with Crippen LogP contribution in [0.1, 0.15) is 41.6 Å². The van der Waals surface area contributed by atoms with E-state index in [1.165, 1.54) is 7.05 Å². The highest BCUT2D eigenvalue weighted by molar-refractivity contribution is 6.04. The number of methoxy groups -OCH3 is 2. The average molecular weight is 448 g/mol.